The minimum absolute atomic E-state index is 0.185. The SMILES string of the molecule is [CH2]c1ccc(C([C]=O)CCOC)cc1. The molecule has 0 bridgehead atoms. The van der Waals surface area contributed by atoms with Gasteiger partial charge in [-0.1, -0.05) is 24.3 Å². The average molecular weight is 190 g/mol. The third kappa shape index (κ3) is 2.96. The minimum Gasteiger partial charge on any atom is -0.385 e. The number of rotatable bonds is 5. The summed E-state index contributed by atoms with van der Waals surface area (Å²) in [5.74, 6) is -0.185. The molecule has 0 aliphatic heterocycles. The Morgan fingerprint density at radius 1 is 1.43 bits per heavy atom. The summed E-state index contributed by atoms with van der Waals surface area (Å²) in [4.78, 5) is 10.7. The second-order valence-electron chi connectivity index (χ2n) is 3.19. The molecule has 2 heteroatoms. The Bertz CT molecular complexity index is 277. The molecular weight excluding hydrogens is 176 g/mol. The van der Waals surface area contributed by atoms with Crippen molar-refractivity contribution in [3.05, 3.63) is 42.3 Å². The number of hydrogen-bond donors (Lipinski definition) is 0. The third-order valence-corrected chi connectivity index (χ3v) is 2.13. The van der Waals surface area contributed by atoms with Crippen LogP contribution in [0.3, 0.4) is 0 Å². The summed E-state index contributed by atoms with van der Waals surface area (Å²) in [5, 5.41) is 0. The normalized spacial score (nSPS) is 12.4. The van der Waals surface area contributed by atoms with Crippen molar-refractivity contribution in [2.24, 2.45) is 0 Å². The Balaban J connectivity index is 2.68. The molecule has 0 spiro atoms. The van der Waals surface area contributed by atoms with Crippen LogP contribution in [-0.4, -0.2) is 20.0 Å². The lowest BCUT2D eigenvalue weighted by Gasteiger charge is -2.09. The van der Waals surface area contributed by atoms with Crippen LogP contribution in [0, 0.1) is 6.92 Å². The fraction of sp³-hybridized carbons (Fsp3) is 0.333. The molecule has 0 fully saturated rings. The topological polar surface area (TPSA) is 26.3 Å². The molecule has 1 atom stereocenters. The quantitative estimate of drug-likeness (QED) is 0.710. The summed E-state index contributed by atoms with van der Waals surface area (Å²) in [7, 11) is 1.63. The molecule has 0 aliphatic rings. The first-order valence-electron chi connectivity index (χ1n) is 4.56. The highest BCUT2D eigenvalue weighted by Gasteiger charge is 2.10. The predicted octanol–water partition coefficient (Wildman–Crippen LogP) is 2.10. The van der Waals surface area contributed by atoms with Crippen molar-refractivity contribution in [3.63, 3.8) is 0 Å². The maximum atomic E-state index is 10.7. The molecule has 1 unspecified atom stereocenters. The molecule has 74 valence electrons. The van der Waals surface area contributed by atoms with Crippen LogP contribution in [0.4, 0.5) is 0 Å². The average Bonchev–Trinajstić information content (AvgIpc) is 2.21. The predicted molar refractivity (Wildman–Crippen MR) is 55.8 cm³/mol. The highest BCUT2D eigenvalue weighted by atomic mass is 16.5. The lowest BCUT2D eigenvalue weighted by Crippen LogP contribution is -2.04. The summed E-state index contributed by atoms with van der Waals surface area (Å²) in [6.45, 7) is 4.36. The summed E-state index contributed by atoms with van der Waals surface area (Å²) in [6.07, 6.45) is 2.70. The van der Waals surface area contributed by atoms with Gasteiger partial charge in [-0.3, -0.25) is 4.79 Å². The first-order valence-corrected chi connectivity index (χ1v) is 4.56. The summed E-state index contributed by atoms with van der Waals surface area (Å²) in [5.41, 5.74) is 1.93. The van der Waals surface area contributed by atoms with Crippen molar-refractivity contribution in [1.82, 2.24) is 0 Å². The Hall–Kier alpha value is -1.15. The number of benzene rings is 1. The second-order valence-corrected chi connectivity index (χ2v) is 3.19. The maximum Gasteiger partial charge on any atom is 0.206 e. The van der Waals surface area contributed by atoms with Crippen molar-refractivity contribution < 1.29 is 9.53 Å². The van der Waals surface area contributed by atoms with E-state index in [4.69, 9.17) is 4.74 Å². The number of carbonyl (C=O) groups excluding carboxylic acids is 1. The van der Waals surface area contributed by atoms with Crippen molar-refractivity contribution in [3.8, 4) is 0 Å². The zero-order valence-electron chi connectivity index (χ0n) is 8.32. The van der Waals surface area contributed by atoms with Gasteiger partial charge in [0.05, 0.1) is 5.92 Å². The van der Waals surface area contributed by atoms with E-state index < -0.39 is 0 Å². The number of methoxy groups -OCH3 is 1. The molecule has 0 N–H and O–H groups in total. The Kier molecular flexibility index (Phi) is 4.33. The van der Waals surface area contributed by atoms with Gasteiger partial charge >= 0.3 is 0 Å². The molecule has 1 aromatic rings. The smallest absolute Gasteiger partial charge is 0.206 e. The Morgan fingerprint density at radius 2 is 2.07 bits per heavy atom. The first-order chi connectivity index (χ1) is 6.77. The van der Waals surface area contributed by atoms with Gasteiger partial charge in [-0.15, -0.1) is 0 Å². The monoisotopic (exact) mass is 190 g/mol. The highest BCUT2D eigenvalue weighted by Crippen LogP contribution is 2.17. The van der Waals surface area contributed by atoms with Gasteiger partial charge in [-0.25, -0.2) is 0 Å². The summed E-state index contributed by atoms with van der Waals surface area (Å²) in [6, 6.07) is 7.61. The van der Waals surface area contributed by atoms with Crippen molar-refractivity contribution in [1.29, 1.82) is 0 Å². The van der Waals surface area contributed by atoms with Crippen LogP contribution in [0.15, 0.2) is 24.3 Å². The van der Waals surface area contributed by atoms with E-state index in [1.54, 1.807) is 7.11 Å². The fourth-order valence-electron chi connectivity index (χ4n) is 1.28. The number of ether oxygens (including phenoxy) is 1. The van der Waals surface area contributed by atoms with Crippen LogP contribution < -0.4 is 0 Å². The van der Waals surface area contributed by atoms with Gasteiger partial charge in [0.15, 0.2) is 0 Å². The lowest BCUT2D eigenvalue weighted by atomic mass is 9.97. The van der Waals surface area contributed by atoms with Crippen LogP contribution in [0.5, 0.6) is 0 Å². The van der Waals surface area contributed by atoms with Gasteiger partial charge < -0.3 is 4.74 Å². The third-order valence-electron chi connectivity index (χ3n) is 2.13. The molecule has 0 aromatic heterocycles. The Labute approximate surface area is 84.9 Å². The zero-order chi connectivity index (χ0) is 10.4. The van der Waals surface area contributed by atoms with Gasteiger partial charge in [-0.2, -0.15) is 0 Å². The van der Waals surface area contributed by atoms with E-state index in [9.17, 15) is 4.79 Å². The highest BCUT2D eigenvalue weighted by molar-refractivity contribution is 5.62. The van der Waals surface area contributed by atoms with Crippen LogP contribution in [0.1, 0.15) is 23.5 Å². The van der Waals surface area contributed by atoms with Gasteiger partial charge in [0.2, 0.25) is 6.29 Å². The molecule has 14 heavy (non-hydrogen) atoms. The van der Waals surface area contributed by atoms with E-state index in [0.717, 1.165) is 11.1 Å². The van der Waals surface area contributed by atoms with E-state index in [-0.39, 0.29) is 5.92 Å². The first kappa shape index (κ1) is 10.9. The molecule has 0 aliphatic carbocycles. The molecule has 2 nitrogen and oxygen atoms in total. The van der Waals surface area contributed by atoms with Crippen molar-refractivity contribution in [2.75, 3.05) is 13.7 Å². The molecular formula is C12H14O2. The van der Waals surface area contributed by atoms with Crippen molar-refractivity contribution in [2.45, 2.75) is 12.3 Å². The largest absolute Gasteiger partial charge is 0.385 e. The minimum atomic E-state index is -0.185. The van der Waals surface area contributed by atoms with E-state index in [1.807, 2.05) is 30.6 Å². The van der Waals surface area contributed by atoms with E-state index in [0.29, 0.717) is 13.0 Å². The molecule has 1 rings (SSSR count). The molecule has 1 aromatic carbocycles. The van der Waals surface area contributed by atoms with Gasteiger partial charge in [0.1, 0.15) is 0 Å². The van der Waals surface area contributed by atoms with Gasteiger partial charge in [-0.05, 0) is 24.5 Å². The van der Waals surface area contributed by atoms with Crippen LogP contribution in [0.25, 0.3) is 0 Å². The molecule has 2 radical (unpaired) electrons. The van der Waals surface area contributed by atoms with Crippen LogP contribution >= 0.6 is 0 Å². The molecule has 0 saturated heterocycles. The van der Waals surface area contributed by atoms with Gasteiger partial charge in [0.25, 0.3) is 0 Å². The van der Waals surface area contributed by atoms with Gasteiger partial charge in [0, 0.05) is 13.7 Å². The fourth-order valence-corrected chi connectivity index (χ4v) is 1.28. The summed E-state index contributed by atoms with van der Waals surface area (Å²) >= 11 is 0. The molecule has 0 saturated carbocycles. The van der Waals surface area contributed by atoms with E-state index in [2.05, 4.69) is 6.92 Å². The molecule has 0 heterocycles. The standard InChI is InChI=1S/C12H14O2/c1-10-3-5-11(6-4-10)12(9-13)7-8-14-2/h3-6,12H,1,7-8H2,2H3. The van der Waals surface area contributed by atoms with Crippen LogP contribution in [-0.2, 0) is 9.53 Å². The van der Waals surface area contributed by atoms with E-state index >= 15 is 0 Å². The number of hydrogen-bond acceptors (Lipinski definition) is 2. The van der Waals surface area contributed by atoms with Crippen LogP contribution in [0.2, 0.25) is 0 Å². The lowest BCUT2D eigenvalue weighted by molar-refractivity contribution is 0.192. The van der Waals surface area contributed by atoms with E-state index in [1.165, 1.54) is 0 Å². The Morgan fingerprint density at radius 3 is 2.57 bits per heavy atom. The zero-order valence-corrected chi connectivity index (χ0v) is 8.32. The molecule has 0 amide bonds. The summed E-state index contributed by atoms with van der Waals surface area (Å²) < 4.78 is 4.93. The maximum absolute atomic E-state index is 10.7. The van der Waals surface area contributed by atoms with Crippen molar-refractivity contribution >= 4 is 6.29 Å². The second kappa shape index (κ2) is 5.55.